The summed E-state index contributed by atoms with van der Waals surface area (Å²) in [6.45, 7) is 0.899. The van der Waals surface area contributed by atoms with E-state index in [9.17, 15) is 19.5 Å². The summed E-state index contributed by atoms with van der Waals surface area (Å²) >= 11 is 0. The van der Waals surface area contributed by atoms with E-state index >= 15 is 0 Å². The van der Waals surface area contributed by atoms with Crippen LogP contribution < -0.4 is 10.6 Å². The molecule has 10 heteroatoms. The van der Waals surface area contributed by atoms with Crippen molar-refractivity contribution in [2.75, 3.05) is 18.4 Å². The fourth-order valence-corrected chi connectivity index (χ4v) is 6.01. The second kappa shape index (κ2) is 11.5. The van der Waals surface area contributed by atoms with Crippen molar-refractivity contribution >= 4 is 34.6 Å². The third-order valence-electron chi connectivity index (χ3n) is 8.19. The molecule has 3 heterocycles. The van der Waals surface area contributed by atoms with Gasteiger partial charge >= 0.3 is 12.0 Å². The minimum Gasteiger partial charge on any atom is -0.478 e. The lowest BCUT2D eigenvalue weighted by Gasteiger charge is -2.32. The number of para-hydroxylation sites is 1. The van der Waals surface area contributed by atoms with Crippen molar-refractivity contribution in [3.8, 4) is 11.4 Å². The second-order valence-corrected chi connectivity index (χ2v) is 10.8. The van der Waals surface area contributed by atoms with Crippen LogP contribution in [0, 0.1) is 0 Å². The highest BCUT2D eigenvalue weighted by Gasteiger charge is 2.26. The van der Waals surface area contributed by atoms with Crippen molar-refractivity contribution in [2.24, 2.45) is 0 Å². The van der Waals surface area contributed by atoms with Crippen LogP contribution in [0.1, 0.15) is 71.7 Å². The van der Waals surface area contributed by atoms with E-state index < -0.39 is 5.97 Å². The number of nitrogens with one attached hydrogen (secondary N) is 2. The maximum atomic E-state index is 13.2. The average molecular weight is 556 g/mol. The number of imidazole rings is 1. The number of anilines is 1. The Labute approximate surface area is 237 Å². The van der Waals surface area contributed by atoms with Crippen LogP contribution in [0.3, 0.4) is 0 Å². The highest BCUT2D eigenvalue weighted by atomic mass is 16.4. The van der Waals surface area contributed by atoms with E-state index in [0.717, 1.165) is 35.3 Å². The number of benzene rings is 2. The van der Waals surface area contributed by atoms with Gasteiger partial charge in [-0.2, -0.15) is 0 Å². The van der Waals surface area contributed by atoms with Gasteiger partial charge in [0.25, 0.3) is 5.91 Å². The van der Waals surface area contributed by atoms with E-state index in [1.54, 1.807) is 35.6 Å². The Kier molecular flexibility index (Phi) is 7.45. The zero-order valence-electron chi connectivity index (χ0n) is 22.7. The topological polar surface area (TPSA) is 130 Å². The number of carboxylic acids is 1. The quantitative estimate of drug-likeness (QED) is 0.271. The molecule has 1 aliphatic carbocycles. The van der Waals surface area contributed by atoms with Crippen LogP contribution in [-0.4, -0.2) is 56.6 Å². The monoisotopic (exact) mass is 555 g/mol. The number of hydrogen-bond acceptors (Lipinski definition) is 5. The first kappa shape index (κ1) is 26.6. The van der Waals surface area contributed by atoms with Crippen LogP contribution in [0.4, 0.5) is 10.5 Å². The van der Waals surface area contributed by atoms with Crippen LogP contribution in [0.2, 0.25) is 0 Å². The number of piperidine rings is 1. The van der Waals surface area contributed by atoms with Gasteiger partial charge in [-0.15, -0.1) is 0 Å². The number of carbonyl (C=O) groups excluding carboxylic acids is 2. The fraction of sp³-hybridized carbons (Fsp3) is 0.355. The smallest absolute Gasteiger partial charge is 0.337 e. The van der Waals surface area contributed by atoms with Gasteiger partial charge in [0.1, 0.15) is 12.1 Å². The Morgan fingerprint density at radius 3 is 2.46 bits per heavy atom. The van der Waals surface area contributed by atoms with Crippen molar-refractivity contribution in [3.63, 3.8) is 0 Å². The highest BCUT2D eigenvalue weighted by Crippen LogP contribution is 2.36. The molecule has 6 rings (SSSR count). The number of fused-ring (bicyclic) bond motifs is 1. The van der Waals surface area contributed by atoms with Gasteiger partial charge < -0.3 is 29.6 Å². The molecular formula is C31H33N5O5. The summed E-state index contributed by atoms with van der Waals surface area (Å²) in [5.74, 6) is -0.393. The first-order valence-electron chi connectivity index (χ1n) is 14.2. The lowest BCUT2D eigenvalue weighted by atomic mass is 9.95. The summed E-state index contributed by atoms with van der Waals surface area (Å²) in [4.78, 5) is 44.0. The van der Waals surface area contributed by atoms with Gasteiger partial charge in [0.15, 0.2) is 0 Å². The van der Waals surface area contributed by atoms with Crippen LogP contribution in [0.5, 0.6) is 0 Å². The maximum absolute atomic E-state index is 13.2. The molecule has 3 N–H and O–H groups in total. The number of amides is 3. The molecule has 10 nitrogen and oxygen atoms in total. The van der Waals surface area contributed by atoms with Crippen molar-refractivity contribution < 1.29 is 23.9 Å². The number of nitrogens with zero attached hydrogens (tertiary/aromatic N) is 3. The summed E-state index contributed by atoms with van der Waals surface area (Å²) in [6.07, 6.45) is 10.5. The third-order valence-corrected chi connectivity index (χ3v) is 8.19. The first-order chi connectivity index (χ1) is 20.0. The molecule has 0 atom stereocenters. The molecule has 0 spiro atoms. The molecule has 0 unspecified atom stereocenters. The number of furan rings is 1. The van der Waals surface area contributed by atoms with Crippen molar-refractivity contribution in [2.45, 2.75) is 57.0 Å². The SMILES string of the molecule is O=C(NC1CCN(C(=O)Nc2ccccc2C(=O)O)CC1)c1ccc2c(c1)nc(-c1ccoc1)n2C1CCCCC1. The van der Waals surface area contributed by atoms with E-state index in [2.05, 4.69) is 15.2 Å². The van der Waals surface area contributed by atoms with Crippen LogP contribution in [0.25, 0.3) is 22.4 Å². The Bertz CT molecular complexity index is 1560. The zero-order valence-corrected chi connectivity index (χ0v) is 22.7. The molecule has 2 fully saturated rings. The molecule has 2 aliphatic rings. The number of carboxylic acid groups (broad SMARTS) is 1. The van der Waals surface area contributed by atoms with Crippen molar-refractivity contribution in [1.82, 2.24) is 19.8 Å². The molecule has 41 heavy (non-hydrogen) atoms. The Balaban J connectivity index is 1.12. The first-order valence-corrected chi connectivity index (χ1v) is 14.2. The molecule has 0 radical (unpaired) electrons. The summed E-state index contributed by atoms with van der Waals surface area (Å²) < 4.78 is 7.67. The minimum absolute atomic E-state index is 0.0421. The third kappa shape index (κ3) is 5.54. The molecule has 212 valence electrons. The second-order valence-electron chi connectivity index (χ2n) is 10.8. The molecular weight excluding hydrogens is 522 g/mol. The Morgan fingerprint density at radius 2 is 1.73 bits per heavy atom. The minimum atomic E-state index is -1.10. The van der Waals surface area contributed by atoms with Crippen LogP contribution in [0.15, 0.2) is 65.5 Å². The fourth-order valence-electron chi connectivity index (χ4n) is 6.01. The summed E-state index contributed by atoms with van der Waals surface area (Å²) in [6, 6.07) is 13.9. The van der Waals surface area contributed by atoms with E-state index in [-0.39, 0.29) is 29.2 Å². The number of carbonyl (C=O) groups is 3. The number of hydrogen-bond donors (Lipinski definition) is 3. The van der Waals surface area contributed by atoms with E-state index in [4.69, 9.17) is 9.40 Å². The number of urea groups is 1. The average Bonchev–Trinajstić information content (AvgIpc) is 3.66. The number of aromatic carboxylic acids is 1. The van der Waals surface area contributed by atoms with E-state index in [1.807, 2.05) is 24.3 Å². The Hall–Kier alpha value is -4.60. The standard InChI is InChI=1S/C31H33N5O5/c37-29(32-22-12-15-35(16-13-22)31(40)34-25-9-5-4-8-24(25)30(38)39)20-10-11-27-26(18-20)33-28(21-14-17-41-19-21)36(27)23-6-2-1-3-7-23/h4-5,8-11,14,17-19,22-23H,1-3,6-7,12-13,15-16H2,(H,32,37)(H,34,40)(H,38,39). The van der Waals surface area contributed by atoms with Crippen molar-refractivity contribution in [3.05, 3.63) is 72.2 Å². The highest BCUT2D eigenvalue weighted by molar-refractivity contribution is 6.00. The molecule has 2 aromatic carbocycles. The molecule has 4 aromatic rings. The summed E-state index contributed by atoms with van der Waals surface area (Å²) in [5.41, 5.74) is 3.59. The number of aromatic nitrogens is 2. The molecule has 2 aromatic heterocycles. The molecule has 1 saturated carbocycles. The number of rotatable bonds is 6. The van der Waals surface area contributed by atoms with Gasteiger partial charge in [-0.05, 0) is 62.1 Å². The van der Waals surface area contributed by atoms with Crippen molar-refractivity contribution in [1.29, 1.82) is 0 Å². The molecule has 0 bridgehead atoms. The lowest BCUT2D eigenvalue weighted by molar-refractivity contribution is 0.0697. The molecule has 3 amide bonds. The maximum Gasteiger partial charge on any atom is 0.337 e. The number of likely N-dealkylation sites (tertiary alicyclic amines) is 1. The van der Waals surface area contributed by atoms with Gasteiger partial charge in [-0.25, -0.2) is 14.6 Å². The zero-order chi connectivity index (χ0) is 28.3. The van der Waals surface area contributed by atoms with Gasteiger partial charge in [0, 0.05) is 30.7 Å². The van der Waals surface area contributed by atoms with E-state index in [1.165, 1.54) is 25.3 Å². The van der Waals surface area contributed by atoms with Crippen LogP contribution in [-0.2, 0) is 0 Å². The summed E-state index contributed by atoms with van der Waals surface area (Å²) in [5, 5.41) is 15.2. The largest absolute Gasteiger partial charge is 0.478 e. The predicted octanol–water partition coefficient (Wildman–Crippen LogP) is 5.93. The van der Waals surface area contributed by atoms with E-state index in [0.29, 0.717) is 37.5 Å². The van der Waals surface area contributed by atoms with Gasteiger partial charge in [0.05, 0.1) is 34.1 Å². The Morgan fingerprint density at radius 1 is 0.951 bits per heavy atom. The van der Waals surface area contributed by atoms with Gasteiger partial charge in [-0.3, -0.25) is 4.79 Å². The normalized spacial score (nSPS) is 16.5. The predicted molar refractivity (Wildman–Crippen MR) is 154 cm³/mol. The van der Waals surface area contributed by atoms with Gasteiger partial charge in [-0.1, -0.05) is 31.4 Å². The summed E-state index contributed by atoms with van der Waals surface area (Å²) in [7, 11) is 0. The van der Waals surface area contributed by atoms with Crippen LogP contribution >= 0.6 is 0 Å². The molecule has 1 aliphatic heterocycles. The lowest BCUT2D eigenvalue weighted by Crippen LogP contribution is -2.47. The molecule has 1 saturated heterocycles. The van der Waals surface area contributed by atoms with Gasteiger partial charge in [0.2, 0.25) is 0 Å².